The molecule has 45 heavy (non-hydrogen) atoms. The molecule has 252 valence electrons. The van der Waals surface area contributed by atoms with E-state index in [0.29, 0.717) is 60.7 Å². The Morgan fingerprint density at radius 3 is 2.02 bits per heavy atom. The van der Waals surface area contributed by atoms with Gasteiger partial charge in [0.25, 0.3) is 0 Å². The molecule has 6 rings (SSSR count). The van der Waals surface area contributed by atoms with Crippen molar-refractivity contribution in [3.05, 3.63) is 12.7 Å². The number of hydrogen-bond donors (Lipinski definition) is 4. The molecule has 0 aromatic carbocycles. The van der Waals surface area contributed by atoms with Crippen molar-refractivity contribution in [2.75, 3.05) is 14.2 Å². The van der Waals surface area contributed by atoms with Gasteiger partial charge in [0.05, 0.1) is 14.2 Å². The normalized spacial score (nSPS) is 50.5. The fraction of sp³-hybridized carbons (Fsp3) is 0.861. The van der Waals surface area contributed by atoms with Gasteiger partial charge in [-0.25, -0.2) is 0 Å². The molecule has 0 radical (unpaired) electrons. The van der Waals surface area contributed by atoms with E-state index < -0.39 is 11.9 Å². The second-order valence-electron chi connectivity index (χ2n) is 15.7. The van der Waals surface area contributed by atoms with E-state index in [0.717, 1.165) is 25.7 Å². The number of nitrogens with one attached hydrogen (secondary N) is 4. The van der Waals surface area contributed by atoms with E-state index in [9.17, 15) is 14.4 Å². The number of ketones is 1. The number of esters is 2. The van der Waals surface area contributed by atoms with Crippen LogP contribution in [0.25, 0.3) is 0 Å². The smallest absolute Gasteiger partial charge is 0.316 e. The van der Waals surface area contributed by atoms with E-state index >= 15 is 0 Å². The fourth-order valence-electron chi connectivity index (χ4n) is 11.5. The van der Waals surface area contributed by atoms with Crippen LogP contribution in [0, 0.1) is 59.2 Å². The lowest BCUT2D eigenvalue weighted by molar-refractivity contribution is -0.151. The minimum absolute atomic E-state index is 0.0329. The predicted octanol–water partition coefficient (Wildman–Crippen LogP) is 3.08. The Labute approximate surface area is 270 Å². The molecule has 1 saturated carbocycles. The summed E-state index contributed by atoms with van der Waals surface area (Å²) in [5, 5.41) is 16.2. The van der Waals surface area contributed by atoms with Gasteiger partial charge < -0.3 is 30.7 Å². The van der Waals surface area contributed by atoms with E-state index in [1.54, 1.807) is 0 Å². The maximum Gasteiger partial charge on any atom is 0.316 e. The van der Waals surface area contributed by atoms with Gasteiger partial charge in [-0.3, -0.25) is 14.4 Å². The Balaban J connectivity index is 1.40. The number of rotatable bonds is 6. The van der Waals surface area contributed by atoms with Crippen LogP contribution in [0.5, 0.6) is 0 Å². The fourth-order valence-corrected chi connectivity index (χ4v) is 11.5. The average molecular weight is 627 g/mol. The van der Waals surface area contributed by atoms with E-state index in [1.807, 2.05) is 0 Å². The maximum absolute atomic E-state index is 14.3. The second kappa shape index (κ2) is 13.0. The van der Waals surface area contributed by atoms with Gasteiger partial charge in [0.15, 0.2) is 5.78 Å². The number of fused-ring (bicyclic) bond motifs is 8. The van der Waals surface area contributed by atoms with Gasteiger partial charge >= 0.3 is 11.9 Å². The van der Waals surface area contributed by atoms with Crippen LogP contribution in [0.2, 0.25) is 0 Å². The van der Waals surface area contributed by atoms with E-state index in [1.165, 1.54) is 14.2 Å². The first kappa shape index (κ1) is 33.1. The molecule has 6 aliphatic rings. The molecule has 4 N–H and O–H groups in total. The highest BCUT2D eigenvalue weighted by Gasteiger charge is 2.64. The lowest BCUT2D eigenvalue weighted by Crippen LogP contribution is -2.51. The van der Waals surface area contributed by atoms with Gasteiger partial charge in [-0.05, 0) is 67.1 Å². The molecule has 18 unspecified atom stereocenters. The van der Waals surface area contributed by atoms with Gasteiger partial charge in [0, 0.05) is 66.6 Å². The van der Waals surface area contributed by atoms with E-state index in [2.05, 4.69) is 68.5 Å². The summed E-state index contributed by atoms with van der Waals surface area (Å²) < 4.78 is 10.4. The highest BCUT2D eigenvalue weighted by Crippen LogP contribution is 2.51. The van der Waals surface area contributed by atoms with E-state index in [4.69, 9.17) is 9.47 Å². The second-order valence-corrected chi connectivity index (χ2v) is 15.7. The SMILES string of the molecule is C=CC1C2CC3NC(CC4NC5C(C(=O)C(C(=O)OC)C5C5NC(CC(N2)C1C)C(C)C5CCC(=O)OC)C4C)C(CC)C3C. The van der Waals surface area contributed by atoms with E-state index in [-0.39, 0.29) is 65.5 Å². The van der Waals surface area contributed by atoms with Crippen molar-refractivity contribution >= 4 is 17.7 Å². The summed E-state index contributed by atoms with van der Waals surface area (Å²) in [4.78, 5) is 40.1. The van der Waals surface area contributed by atoms with Crippen LogP contribution in [0.15, 0.2) is 12.7 Å². The molecule has 0 amide bonds. The minimum atomic E-state index is -0.806. The van der Waals surface area contributed by atoms with Gasteiger partial charge in [-0.1, -0.05) is 47.1 Å². The van der Waals surface area contributed by atoms with Crippen molar-refractivity contribution in [2.24, 2.45) is 59.2 Å². The summed E-state index contributed by atoms with van der Waals surface area (Å²) in [6.45, 7) is 15.9. The largest absolute Gasteiger partial charge is 0.469 e. The molecule has 1 aliphatic carbocycles. The number of ether oxygens (including phenoxy) is 2. The van der Waals surface area contributed by atoms with Crippen molar-refractivity contribution in [2.45, 2.75) is 121 Å². The van der Waals surface area contributed by atoms with Crippen LogP contribution >= 0.6 is 0 Å². The number of hydrogen-bond acceptors (Lipinski definition) is 9. The first-order valence-corrected chi connectivity index (χ1v) is 17.9. The van der Waals surface area contributed by atoms with Crippen LogP contribution < -0.4 is 21.3 Å². The molecule has 0 aromatic heterocycles. The van der Waals surface area contributed by atoms with Gasteiger partial charge in [0.2, 0.25) is 0 Å². The Kier molecular flexibility index (Phi) is 9.57. The molecule has 0 spiro atoms. The summed E-state index contributed by atoms with van der Waals surface area (Å²) in [5.74, 6) is 0.612. The summed E-state index contributed by atoms with van der Waals surface area (Å²) in [7, 11) is 2.84. The molecule has 8 bridgehead atoms. The Morgan fingerprint density at radius 1 is 0.778 bits per heavy atom. The number of methoxy groups -OCH3 is 2. The molecule has 5 saturated heterocycles. The quantitative estimate of drug-likeness (QED) is 0.201. The zero-order valence-electron chi connectivity index (χ0n) is 28.5. The average Bonchev–Trinajstić information content (AvgIpc) is 3.76. The third kappa shape index (κ3) is 5.51. The summed E-state index contributed by atoms with van der Waals surface area (Å²) in [6.07, 6.45) is 7.30. The van der Waals surface area contributed by atoms with Crippen LogP contribution in [0.1, 0.15) is 73.1 Å². The third-order valence-corrected chi connectivity index (χ3v) is 14.0. The first-order valence-electron chi connectivity index (χ1n) is 17.9. The summed E-state index contributed by atoms with van der Waals surface area (Å²) in [6, 6.07) is 1.69. The Hall–Kier alpha value is -1.81. The van der Waals surface area contributed by atoms with Crippen LogP contribution in [0.3, 0.4) is 0 Å². The summed E-state index contributed by atoms with van der Waals surface area (Å²) >= 11 is 0. The molecular weight excluding hydrogens is 568 g/mol. The standard InChI is InChI=1S/C36H58N4O5/c1-9-20-16(3)23-13-25-18(5)22(11-12-29(41)44-7)33(39-25)31-32(36(43)45-8)35(42)30-19(6)26(40-34(30)31)15-28-21(10-2)17(4)24(38-28)14-27(20)37-23/h9,16-28,30-34,37-40H,1,10-15H2,2-8H3. The lowest BCUT2D eigenvalue weighted by atomic mass is 9.75. The number of carbonyl (C=O) groups is 3. The first-order chi connectivity index (χ1) is 21.5. The Morgan fingerprint density at radius 2 is 1.36 bits per heavy atom. The third-order valence-electron chi connectivity index (χ3n) is 14.0. The molecule has 9 heteroatoms. The zero-order chi connectivity index (χ0) is 32.3. The Bertz CT molecular complexity index is 1150. The molecule has 0 aromatic rings. The van der Waals surface area contributed by atoms with Crippen LogP contribution in [-0.4, -0.2) is 80.3 Å². The van der Waals surface area contributed by atoms with Crippen molar-refractivity contribution in [1.29, 1.82) is 0 Å². The van der Waals surface area contributed by atoms with Gasteiger partial charge in [-0.2, -0.15) is 0 Å². The highest BCUT2D eigenvalue weighted by atomic mass is 16.5. The maximum atomic E-state index is 14.3. The predicted molar refractivity (Wildman–Crippen MR) is 173 cm³/mol. The zero-order valence-corrected chi connectivity index (χ0v) is 28.5. The lowest BCUT2D eigenvalue weighted by Gasteiger charge is -2.34. The van der Waals surface area contributed by atoms with Crippen molar-refractivity contribution in [1.82, 2.24) is 21.3 Å². The molecule has 6 fully saturated rings. The van der Waals surface area contributed by atoms with Gasteiger partial charge in [-0.15, -0.1) is 6.58 Å². The van der Waals surface area contributed by atoms with Crippen molar-refractivity contribution in [3.8, 4) is 0 Å². The van der Waals surface area contributed by atoms with Crippen molar-refractivity contribution < 1.29 is 23.9 Å². The van der Waals surface area contributed by atoms with Gasteiger partial charge in [0.1, 0.15) is 5.92 Å². The molecule has 9 nitrogen and oxygen atoms in total. The number of Topliss-reactive ketones (excluding diaryl/α,β-unsaturated/α-hetero) is 1. The number of carbonyl (C=O) groups excluding carboxylic acids is 3. The van der Waals surface area contributed by atoms with Crippen LogP contribution in [-0.2, 0) is 23.9 Å². The highest BCUT2D eigenvalue weighted by molar-refractivity contribution is 6.03. The topological polar surface area (TPSA) is 118 Å². The van der Waals surface area contributed by atoms with Crippen LogP contribution in [0.4, 0.5) is 0 Å². The monoisotopic (exact) mass is 626 g/mol. The minimum Gasteiger partial charge on any atom is -0.469 e. The van der Waals surface area contributed by atoms with Crippen molar-refractivity contribution in [3.63, 3.8) is 0 Å². The molecule has 5 aliphatic heterocycles. The molecular formula is C36H58N4O5. The molecule has 5 heterocycles. The molecule has 18 atom stereocenters. The summed E-state index contributed by atoms with van der Waals surface area (Å²) in [5.41, 5.74) is 0.